The van der Waals surface area contributed by atoms with Crippen molar-refractivity contribution in [3.05, 3.63) is 119 Å². The van der Waals surface area contributed by atoms with E-state index in [0.29, 0.717) is 34.0 Å². The molecule has 0 saturated heterocycles. The second kappa shape index (κ2) is 15.1. The molecular formula is C33H30N4O6S. The molecule has 0 aliphatic carbocycles. The quantitative estimate of drug-likeness (QED) is 0.131. The molecule has 5 N–H and O–H groups in total. The number of carbonyl (C=O) groups is 4. The van der Waals surface area contributed by atoms with E-state index in [1.54, 1.807) is 97.1 Å². The molecule has 224 valence electrons. The van der Waals surface area contributed by atoms with Crippen molar-refractivity contribution in [2.24, 2.45) is 5.73 Å². The topological polar surface area (TPSA) is 149 Å². The monoisotopic (exact) mass is 610 g/mol. The molecule has 0 bridgehead atoms. The van der Waals surface area contributed by atoms with Crippen LogP contribution in [0.25, 0.3) is 6.08 Å². The van der Waals surface area contributed by atoms with E-state index in [0.717, 1.165) is 4.90 Å². The largest absolute Gasteiger partial charge is 0.497 e. The molecule has 11 heteroatoms. The van der Waals surface area contributed by atoms with E-state index in [1.807, 2.05) is 0 Å². The van der Waals surface area contributed by atoms with E-state index in [2.05, 4.69) is 16.0 Å². The maximum atomic E-state index is 13.4. The first-order valence-electron chi connectivity index (χ1n) is 13.3. The Kier molecular flexibility index (Phi) is 10.8. The third kappa shape index (κ3) is 8.49. The summed E-state index contributed by atoms with van der Waals surface area (Å²) in [7, 11) is 3.03. The van der Waals surface area contributed by atoms with Crippen LogP contribution in [0.5, 0.6) is 11.5 Å². The summed E-state index contributed by atoms with van der Waals surface area (Å²) in [5, 5.41) is 8.20. The van der Waals surface area contributed by atoms with Gasteiger partial charge in [0.05, 0.1) is 31.2 Å². The Labute approximate surface area is 258 Å². The lowest BCUT2D eigenvalue weighted by Gasteiger charge is -2.13. The molecule has 0 aromatic heterocycles. The minimum Gasteiger partial charge on any atom is -0.497 e. The smallest absolute Gasteiger partial charge is 0.272 e. The molecule has 0 aliphatic heterocycles. The van der Waals surface area contributed by atoms with Gasteiger partial charge in [-0.1, -0.05) is 30.3 Å². The number of nitrogens with two attached hydrogens (primary N) is 1. The molecule has 0 unspecified atom stereocenters. The summed E-state index contributed by atoms with van der Waals surface area (Å²) in [5.74, 6) is -0.855. The van der Waals surface area contributed by atoms with Gasteiger partial charge in [-0.25, -0.2) is 0 Å². The summed E-state index contributed by atoms with van der Waals surface area (Å²) in [5.41, 5.74) is 7.30. The van der Waals surface area contributed by atoms with Gasteiger partial charge in [-0.3, -0.25) is 19.2 Å². The van der Waals surface area contributed by atoms with Crippen molar-refractivity contribution < 1.29 is 28.7 Å². The van der Waals surface area contributed by atoms with Gasteiger partial charge >= 0.3 is 0 Å². The highest BCUT2D eigenvalue weighted by atomic mass is 32.2. The van der Waals surface area contributed by atoms with E-state index in [1.165, 1.54) is 32.1 Å². The molecule has 0 spiro atoms. The van der Waals surface area contributed by atoms with Crippen molar-refractivity contribution in [2.45, 2.75) is 4.90 Å². The number of rotatable bonds is 12. The molecule has 0 saturated carbocycles. The van der Waals surface area contributed by atoms with Crippen LogP contribution in [0.2, 0.25) is 0 Å². The predicted molar refractivity (Wildman–Crippen MR) is 171 cm³/mol. The van der Waals surface area contributed by atoms with Gasteiger partial charge in [-0.15, -0.1) is 11.8 Å². The van der Waals surface area contributed by atoms with Crippen LogP contribution in [-0.2, 0) is 9.59 Å². The van der Waals surface area contributed by atoms with Crippen molar-refractivity contribution >= 4 is 52.8 Å². The van der Waals surface area contributed by atoms with Gasteiger partial charge in [0.15, 0.2) is 0 Å². The number of amides is 4. The number of methoxy groups -OCH3 is 2. The highest BCUT2D eigenvalue weighted by Gasteiger charge is 2.17. The maximum Gasteiger partial charge on any atom is 0.272 e. The Balaban J connectivity index is 1.46. The number of carbonyl (C=O) groups excluding carboxylic acids is 4. The van der Waals surface area contributed by atoms with Crippen molar-refractivity contribution in [3.63, 3.8) is 0 Å². The molecule has 0 atom stereocenters. The molecule has 4 aromatic carbocycles. The fraction of sp³-hybridized carbons (Fsp3) is 0.0909. The minimum atomic E-state index is -0.633. The zero-order chi connectivity index (χ0) is 31.5. The summed E-state index contributed by atoms with van der Waals surface area (Å²) in [4.78, 5) is 51.2. The average Bonchev–Trinajstić information content (AvgIpc) is 3.04. The molecule has 0 radical (unpaired) electrons. The van der Waals surface area contributed by atoms with Crippen LogP contribution in [0, 0.1) is 0 Å². The first-order valence-corrected chi connectivity index (χ1v) is 14.3. The van der Waals surface area contributed by atoms with Crippen LogP contribution in [0.15, 0.2) is 108 Å². The Hall–Kier alpha value is -5.55. The van der Waals surface area contributed by atoms with E-state index in [4.69, 9.17) is 15.2 Å². The number of thioether (sulfide) groups is 1. The van der Waals surface area contributed by atoms with Crippen molar-refractivity contribution in [1.29, 1.82) is 0 Å². The van der Waals surface area contributed by atoms with Gasteiger partial charge in [0.25, 0.3) is 17.7 Å². The number of hydrogen-bond acceptors (Lipinski definition) is 7. The Morgan fingerprint density at radius 2 is 1.52 bits per heavy atom. The summed E-state index contributed by atoms with van der Waals surface area (Å²) < 4.78 is 10.8. The molecule has 4 aromatic rings. The lowest BCUT2D eigenvalue weighted by molar-refractivity contribution is -0.114. The van der Waals surface area contributed by atoms with Crippen molar-refractivity contribution in [3.8, 4) is 11.5 Å². The van der Waals surface area contributed by atoms with Gasteiger partial charge in [0.1, 0.15) is 17.2 Å². The van der Waals surface area contributed by atoms with Crippen LogP contribution in [-0.4, -0.2) is 43.6 Å². The average molecular weight is 611 g/mol. The van der Waals surface area contributed by atoms with E-state index in [-0.39, 0.29) is 22.9 Å². The second-order valence-electron chi connectivity index (χ2n) is 9.21. The lowest BCUT2D eigenvalue weighted by atomic mass is 10.1. The summed E-state index contributed by atoms with van der Waals surface area (Å²) in [6.07, 6.45) is 1.51. The molecule has 0 fully saturated rings. The minimum absolute atomic E-state index is 0.0169. The van der Waals surface area contributed by atoms with Crippen LogP contribution in [0.1, 0.15) is 26.3 Å². The summed E-state index contributed by atoms with van der Waals surface area (Å²) in [6.45, 7) is 0. The molecule has 0 heterocycles. The molecular weight excluding hydrogens is 580 g/mol. The van der Waals surface area contributed by atoms with Gasteiger partial charge in [0.2, 0.25) is 5.91 Å². The molecule has 10 nitrogen and oxygen atoms in total. The second-order valence-corrected chi connectivity index (χ2v) is 10.3. The van der Waals surface area contributed by atoms with Gasteiger partial charge in [0, 0.05) is 21.7 Å². The van der Waals surface area contributed by atoms with E-state index < -0.39 is 17.7 Å². The van der Waals surface area contributed by atoms with Gasteiger partial charge < -0.3 is 31.2 Å². The summed E-state index contributed by atoms with van der Waals surface area (Å²) >= 11 is 1.28. The number of hydrogen-bond donors (Lipinski definition) is 4. The standard InChI is InChI=1S/C33H30N4O6S/c1-42-24-14-17-29(43-2)22(18-24)19-28(37-32(40)21-8-4-3-5-9-21)33(41)35-23-12-15-25(16-13-23)44-20-30(38)36-27-11-7-6-10-26(27)31(34)39/h3-19H,20H2,1-2H3,(H2,34,39)(H,35,41)(H,36,38)(H,37,40)/b28-19-. The van der Waals surface area contributed by atoms with E-state index in [9.17, 15) is 19.2 Å². The SMILES string of the molecule is COc1ccc(OC)c(/C=C(\NC(=O)c2ccccc2)C(=O)Nc2ccc(SCC(=O)Nc3ccccc3C(N)=O)cc2)c1. The fourth-order valence-electron chi connectivity index (χ4n) is 4.03. The van der Waals surface area contributed by atoms with E-state index >= 15 is 0 Å². The van der Waals surface area contributed by atoms with Crippen molar-refractivity contribution in [2.75, 3.05) is 30.6 Å². The van der Waals surface area contributed by atoms with Gasteiger partial charge in [-0.2, -0.15) is 0 Å². The molecule has 4 rings (SSSR count). The Morgan fingerprint density at radius 1 is 0.818 bits per heavy atom. The van der Waals surface area contributed by atoms with Gasteiger partial charge in [-0.05, 0) is 72.8 Å². The Bertz CT molecular complexity index is 1690. The highest BCUT2D eigenvalue weighted by molar-refractivity contribution is 8.00. The third-order valence-electron chi connectivity index (χ3n) is 6.21. The first kappa shape index (κ1) is 31.4. The van der Waals surface area contributed by atoms with Crippen LogP contribution in [0.3, 0.4) is 0 Å². The lowest BCUT2D eigenvalue weighted by Crippen LogP contribution is -2.30. The number of nitrogens with one attached hydrogen (secondary N) is 3. The Morgan fingerprint density at radius 3 is 2.20 bits per heavy atom. The third-order valence-corrected chi connectivity index (χ3v) is 7.23. The molecule has 0 aliphatic rings. The first-order chi connectivity index (χ1) is 21.3. The number of anilines is 2. The molecule has 44 heavy (non-hydrogen) atoms. The number of para-hydroxylation sites is 1. The fourth-order valence-corrected chi connectivity index (χ4v) is 4.72. The van der Waals surface area contributed by atoms with Crippen LogP contribution >= 0.6 is 11.8 Å². The van der Waals surface area contributed by atoms with Crippen molar-refractivity contribution in [1.82, 2.24) is 5.32 Å². The maximum absolute atomic E-state index is 13.4. The number of ether oxygens (including phenoxy) is 2. The number of benzene rings is 4. The number of primary amides is 1. The summed E-state index contributed by atoms with van der Waals surface area (Å²) in [6, 6.07) is 27.0. The zero-order valence-corrected chi connectivity index (χ0v) is 24.8. The van der Waals surface area contributed by atoms with Crippen LogP contribution < -0.4 is 31.2 Å². The predicted octanol–water partition coefficient (Wildman–Crippen LogP) is 4.94. The zero-order valence-electron chi connectivity index (χ0n) is 24.0. The highest BCUT2D eigenvalue weighted by Crippen LogP contribution is 2.27. The normalized spacial score (nSPS) is 10.8. The van der Waals surface area contributed by atoms with Crippen LogP contribution in [0.4, 0.5) is 11.4 Å². The molecule has 4 amide bonds.